The van der Waals surface area contributed by atoms with Crippen molar-refractivity contribution in [1.29, 1.82) is 0 Å². The molecule has 0 saturated heterocycles. The van der Waals surface area contributed by atoms with Gasteiger partial charge in [-0.2, -0.15) is 0 Å². The number of carbonyl (C=O) groups is 1. The minimum absolute atomic E-state index is 0.171. The molecule has 0 aromatic heterocycles. The largest absolute Gasteiger partial charge is 0.468 e. The van der Waals surface area contributed by atoms with E-state index in [0.29, 0.717) is 6.54 Å². The monoisotopic (exact) mass is 207 g/mol. The van der Waals surface area contributed by atoms with Crippen molar-refractivity contribution < 1.29 is 13.7 Å². The molecule has 0 heterocycles. The molecule has 0 aromatic rings. The van der Waals surface area contributed by atoms with Gasteiger partial charge in [-0.3, -0.25) is 9.00 Å². The number of ether oxygens (including phenoxy) is 1. The van der Waals surface area contributed by atoms with Gasteiger partial charge in [-0.15, -0.1) is 0 Å². The van der Waals surface area contributed by atoms with Crippen LogP contribution in [0, 0.1) is 0 Å². The number of hydrogen-bond acceptors (Lipinski definition) is 4. The predicted octanol–water partition coefficient (Wildman–Crippen LogP) is -0.0939. The predicted molar refractivity (Wildman–Crippen MR) is 53.0 cm³/mol. The van der Waals surface area contributed by atoms with Crippen molar-refractivity contribution in [2.75, 3.05) is 26.5 Å². The van der Waals surface area contributed by atoms with Crippen molar-refractivity contribution in [2.24, 2.45) is 0 Å². The maximum absolute atomic E-state index is 10.9. The van der Waals surface area contributed by atoms with Gasteiger partial charge in [-0.25, -0.2) is 0 Å². The summed E-state index contributed by atoms with van der Waals surface area (Å²) in [6, 6.07) is 0. The van der Waals surface area contributed by atoms with Gasteiger partial charge in [0.15, 0.2) is 0 Å². The highest BCUT2D eigenvalue weighted by molar-refractivity contribution is 7.84. The fraction of sp³-hybridized carbons (Fsp3) is 0.875. The van der Waals surface area contributed by atoms with Crippen molar-refractivity contribution in [3.63, 3.8) is 0 Å². The second kappa shape index (κ2) is 7.03. The minimum Gasteiger partial charge on any atom is -0.468 e. The Morgan fingerprint density at radius 3 is 2.69 bits per heavy atom. The van der Waals surface area contributed by atoms with E-state index in [4.69, 9.17) is 0 Å². The van der Waals surface area contributed by atoms with Gasteiger partial charge >= 0.3 is 5.97 Å². The maximum Gasteiger partial charge on any atom is 0.319 e. The molecule has 5 heteroatoms. The second-order valence-corrected chi connectivity index (χ2v) is 4.65. The molecule has 13 heavy (non-hydrogen) atoms. The summed E-state index contributed by atoms with van der Waals surface area (Å²) >= 11 is 0. The summed E-state index contributed by atoms with van der Waals surface area (Å²) in [7, 11) is 0.572. The summed E-state index contributed by atoms with van der Waals surface area (Å²) in [5, 5.41) is 3.08. The molecule has 1 N–H and O–H groups in total. The molecule has 0 spiro atoms. The molecule has 0 aliphatic heterocycles. The summed E-state index contributed by atoms with van der Waals surface area (Å²) in [5.74, 6) is -0.273. The summed E-state index contributed by atoms with van der Waals surface area (Å²) in [6.45, 7) is 2.84. The third-order valence-electron chi connectivity index (χ3n) is 1.79. The van der Waals surface area contributed by atoms with Crippen LogP contribution >= 0.6 is 0 Å². The topological polar surface area (TPSA) is 55.4 Å². The van der Waals surface area contributed by atoms with E-state index >= 15 is 0 Å². The van der Waals surface area contributed by atoms with Crippen LogP contribution in [-0.4, -0.2) is 41.9 Å². The number of hydrogen-bond donors (Lipinski definition) is 1. The van der Waals surface area contributed by atoms with Crippen molar-refractivity contribution in [2.45, 2.75) is 18.6 Å². The standard InChI is InChI=1S/C8H17NO3S/c1-7(13(3)11)4-5-9-6-8(10)12-2/h7,9H,4-6H2,1-3H3. The van der Waals surface area contributed by atoms with Gasteiger partial charge in [0.1, 0.15) is 0 Å². The normalized spacial score (nSPS) is 15.0. The van der Waals surface area contributed by atoms with Crippen LogP contribution in [-0.2, 0) is 20.3 Å². The number of carbonyl (C=O) groups excluding carboxylic acids is 1. The Kier molecular flexibility index (Phi) is 6.80. The average Bonchev–Trinajstić information content (AvgIpc) is 2.11. The highest BCUT2D eigenvalue weighted by Crippen LogP contribution is 1.96. The van der Waals surface area contributed by atoms with Crippen LogP contribution in [0.4, 0.5) is 0 Å². The van der Waals surface area contributed by atoms with E-state index in [1.807, 2.05) is 6.92 Å². The van der Waals surface area contributed by atoms with E-state index in [9.17, 15) is 9.00 Å². The van der Waals surface area contributed by atoms with E-state index in [1.54, 1.807) is 6.26 Å². The number of nitrogens with one attached hydrogen (secondary N) is 1. The summed E-state index contributed by atoms with van der Waals surface area (Å²) in [5.41, 5.74) is 0. The molecule has 0 saturated carbocycles. The lowest BCUT2D eigenvalue weighted by Gasteiger charge is -2.08. The Hall–Kier alpha value is -0.420. The number of methoxy groups -OCH3 is 1. The molecule has 0 radical (unpaired) electrons. The first-order chi connectivity index (χ1) is 6.07. The minimum atomic E-state index is -0.782. The SMILES string of the molecule is COC(=O)CNCCC(C)S(C)=O. The van der Waals surface area contributed by atoms with E-state index in [1.165, 1.54) is 7.11 Å². The Morgan fingerprint density at radius 1 is 1.62 bits per heavy atom. The van der Waals surface area contributed by atoms with Crippen LogP contribution in [0.5, 0.6) is 0 Å². The third-order valence-corrected chi connectivity index (χ3v) is 3.16. The van der Waals surface area contributed by atoms with Crippen molar-refractivity contribution in [1.82, 2.24) is 5.32 Å². The smallest absolute Gasteiger partial charge is 0.319 e. The lowest BCUT2D eigenvalue weighted by Crippen LogP contribution is -2.27. The van der Waals surface area contributed by atoms with E-state index < -0.39 is 10.8 Å². The maximum atomic E-state index is 10.9. The van der Waals surface area contributed by atoms with E-state index in [-0.39, 0.29) is 17.8 Å². The molecule has 4 nitrogen and oxygen atoms in total. The van der Waals surface area contributed by atoms with Crippen LogP contribution in [0.1, 0.15) is 13.3 Å². The van der Waals surface area contributed by atoms with E-state index in [0.717, 1.165) is 6.42 Å². The van der Waals surface area contributed by atoms with Gasteiger partial charge in [-0.05, 0) is 13.0 Å². The van der Waals surface area contributed by atoms with Crippen LogP contribution in [0.15, 0.2) is 0 Å². The van der Waals surface area contributed by atoms with Crippen LogP contribution < -0.4 is 5.32 Å². The molecule has 0 aromatic carbocycles. The Morgan fingerprint density at radius 2 is 2.23 bits per heavy atom. The van der Waals surface area contributed by atoms with Crippen LogP contribution in [0.3, 0.4) is 0 Å². The molecule has 0 rings (SSSR count). The fourth-order valence-electron chi connectivity index (χ4n) is 0.734. The summed E-state index contributed by atoms with van der Waals surface area (Å²) in [4.78, 5) is 10.6. The Balaban J connectivity index is 3.35. The highest BCUT2D eigenvalue weighted by atomic mass is 32.2. The molecule has 2 unspecified atom stereocenters. The van der Waals surface area contributed by atoms with Crippen LogP contribution in [0.2, 0.25) is 0 Å². The molecule has 0 aliphatic rings. The van der Waals surface area contributed by atoms with Crippen molar-refractivity contribution in [3.05, 3.63) is 0 Å². The zero-order valence-electron chi connectivity index (χ0n) is 8.33. The summed E-state index contributed by atoms with van der Waals surface area (Å²) < 4.78 is 15.4. The molecule has 0 fully saturated rings. The molecule has 0 aliphatic carbocycles. The fourth-order valence-corrected chi connectivity index (χ4v) is 1.18. The zero-order chi connectivity index (χ0) is 10.3. The lowest BCUT2D eigenvalue weighted by molar-refractivity contribution is -0.139. The van der Waals surface area contributed by atoms with Gasteiger partial charge in [-0.1, -0.05) is 6.92 Å². The molecule has 2 atom stereocenters. The first kappa shape index (κ1) is 12.6. The molecular weight excluding hydrogens is 190 g/mol. The van der Waals surface area contributed by atoms with Gasteiger partial charge in [0.25, 0.3) is 0 Å². The first-order valence-corrected chi connectivity index (χ1v) is 5.79. The average molecular weight is 207 g/mol. The van der Waals surface area contributed by atoms with Crippen LogP contribution in [0.25, 0.3) is 0 Å². The third kappa shape index (κ3) is 6.72. The lowest BCUT2D eigenvalue weighted by atomic mass is 10.3. The Labute approximate surface area is 81.5 Å². The van der Waals surface area contributed by atoms with Crippen molar-refractivity contribution in [3.8, 4) is 0 Å². The zero-order valence-corrected chi connectivity index (χ0v) is 9.15. The van der Waals surface area contributed by atoms with Gasteiger partial charge in [0, 0.05) is 22.3 Å². The Bertz CT molecular complexity index is 184. The van der Waals surface area contributed by atoms with E-state index in [2.05, 4.69) is 10.1 Å². The van der Waals surface area contributed by atoms with Gasteiger partial charge < -0.3 is 10.1 Å². The summed E-state index contributed by atoms with van der Waals surface area (Å²) in [6.07, 6.45) is 2.49. The quantitative estimate of drug-likeness (QED) is 0.488. The van der Waals surface area contributed by atoms with Crippen molar-refractivity contribution >= 4 is 16.8 Å². The second-order valence-electron chi connectivity index (χ2n) is 2.85. The molecule has 78 valence electrons. The first-order valence-electron chi connectivity index (χ1n) is 4.17. The van der Waals surface area contributed by atoms with Gasteiger partial charge in [0.2, 0.25) is 0 Å². The van der Waals surface area contributed by atoms with Gasteiger partial charge in [0.05, 0.1) is 13.7 Å². The number of esters is 1. The molecular formula is C8H17NO3S. The molecule has 0 bridgehead atoms. The number of rotatable bonds is 6. The highest BCUT2D eigenvalue weighted by Gasteiger charge is 2.05. The molecule has 0 amide bonds.